The first-order valence-corrected chi connectivity index (χ1v) is 19.6. The highest BCUT2D eigenvalue weighted by Gasteiger charge is 2.37. The number of carbonyl (C=O) groups is 3. The van der Waals surface area contributed by atoms with Gasteiger partial charge in [-0.2, -0.15) is 13.2 Å². The fourth-order valence-corrected chi connectivity index (χ4v) is 8.99. The van der Waals surface area contributed by atoms with Crippen LogP contribution in [-0.2, 0) is 22.8 Å². The number of imidazole rings is 2. The molecular weight excluding hydrogens is 776 g/mol. The minimum Gasteiger partial charge on any atom is -0.494 e. The molecule has 2 aliphatic heterocycles. The maximum absolute atomic E-state index is 16.1. The first kappa shape index (κ1) is 40.0. The number of aromatic nitrogens is 6. The number of piperidine rings is 2. The zero-order valence-electron chi connectivity index (χ0n) is 32.7. The highest BCUT2D eigenvalue weighted by atomic mass is 19.4. The molecule has 1 unspecified atom stereocenters. The van der Waals surface area contributed by atoms with E-state index in [9.17, 15) is 32.3 Å². The summed E-state index contributed by atoms with van der Waals surface area (Å²) < 4.78 is 65.7. The Morgan fingerprint density at radius 2 is 1.83 bits per heavy atom. The Morgan fingerprint density at radius 3 is 2.54 bits per heavy atom. The fourth-order valence-electron chi connectivity index (χ4n) is 8.99. The van der Waals surface area contributed by atoms with Gasteiger partial charge in [-0.3, -0.25) is 33.8 Å². The highest BCUT2D eigenvalue weighted by molar-refractivity contribution is 6.03. The van der Waals surface area contributed by atoms with Gasteiger partial charge in [0.25, 0.3) is 5.91 Å². The van der Waals surface area contributed by atoms with Gasteiger partial charge in [0.2, 0.25) is 11.8 Å². The summed E-state index contributed by atoms with van der Waals surface area (Å²) in [5.41, 5.74) is 1.48. The van der Waals surface area contributed by atoms with Crippen LogP contribution >= 0.6 is 0 Å². The third-order valence-corrected chi connectivity index (χ3v) is 12.0. The molecule has 4 aromatic heterocycles. The highest BCUT2D eigenvalue weighted by Crippen LogP contribution is 2.38. The van der Waals surface area contributed by atoms with Crippen molar-refractivity contribution in [2.24, 2.45) is 13.0 Å². The van der Waals surface area contributed by atoms with Crippen molar-refractivity contribution in [1.29, 1.82) is 0 Å². The number of para-hydroxylation sites is 1. The third kappa shape index (κ3) is 7.74. The molecule has 312 valence electrons. The number of hydrogen-bond acceptors (Lipinski definition) is 10. The number of anilines is 2. The predicted octanol–water partition coefficient (Wildman–Crippen LogP) is 4.86. The third-order valence-electron chi connectivity index (χ3n) is 12.0. The molecule has 3 aliphatic rings. The maximum atomic E-state index is 16.1. The summed E-state index contributed by atoms with van der Waals surface area (Å²) in [5, 5.41) is 4.91. The van der Waals surface area contributed by atoms with Crippen LogP contribution in [0.1, 0.15) is 78.8 Å². The summed E-state index contributed by atoms with van der Waals surface area (Å²) >= 11 is 0. The van der Waals surface area contributed by atoms with Gasteiger partial charge >= 0.3 is 11.9 Å². The van der Waals surface area contributed by atoms with Gasteiger partial charge in [-0.25, -0.2) is 19.2 Å². The number of aryl methyl sites for hydroxylation is 1. The largest absolute Gasteiger partial charge is 0.494 e. The molecule has 2 N–H and O–H groups in total. The summed E-state index contributed by atoms with van der Waals surface area (Å²) in [4.78, 5) is 66.6. The van der Waals surface area contributed by atoms with Crippen LogP contribution < -0.4 is 26.0 Å². The molecule has 0 bridgehead atoms. The summed E-state index contributed by atoms with van der Waals surface area (Å²) in [6.07, 6.45) is 3.70. The topological polar surface area (TPSA) is 161 Å². The van der Waals surface area contributed by atoms with Crippen LogP contribution in [0.5, 0.6) is 5.75 Å². The molecule has 0 radical (unpaired) electrons. The first-order chi connectivity index (χ1) is 28.2. The van der Waals surface area contributed by atoms with Gasteiger partial charge in [0.1, 0.15) is 35.0 Å². The van der Waals surface area contributed by atoms with Crippen molar-refractivity contribution in [3.8, 4) is 5.75 Å². The summed E-state index contributed by atoms with van der Waals surface area (Å²) in [7, 11) is 5.04. The zero-order chi connectivity index (χ0) is 41.7. The molecule has 19 heteroatoms. The quantitative estimate of drug-likeness (QED) is 0.155. The molecular formula is C40H44F4N10O5. The van der Waals surface area contributed by atoms with E-state index in [1.165, 1.54) is 16.2 Å². The maximum Gasteiger partial charge on any atom is 0.434 e. The monoisotopic (exact) mass is 820 g/mol. The number of benzene rings is 1. The van der Waals surface area contributed by atoms with Gasteiger partial charge in [0, 0.05) is 57.0 Å². The molecule has 6 heterocycles. The van der Waals surface area contributed by atoms with E-state index in [-0.39, 0.29) is 54.4 Å². The molecule has 15 nitrogen and oxygen atoms in total. The minimum atomic E-state index is -4.75. The summed E-state index contributed by atoms with van der Waals surface area (Å²) in [5.74, 6) is -0.909. The van der Waals surface area contributed by atoms with Crippen molar-refractivity contribution in [3.63, 3.8) is 0 Å². The lowest BCUT2D eigenvalue weighted by molar-refractivity contribution is -0.141. The number of nitrogens with one attached hydrogen (secondary N) is 2. The van der Waals surface area contributed by atoms with Crippen LogP contribution in [0.2, 0.25) is 0 Å². The van der Waals surface area contributed by atoms with Gasteiger partial charge in [-0.1, -0.05) is 6.07 Å². The number of fused-ring (bicyclic) bond motifs is 2. The van der Waals surface area contributed by atoms with E-state index in [1.54, 1.807) is 29.8 Å². The number of pyridine rings is 1. The Morgan fingerprint density at radius 1 is 1.05 bits per heavy atom. The number of imide groups is 1. The number of halogens is 4. The van der Waals surface area contributed by atoms with Crippen LogP contribution in [0.4, 0.5) is 28.9 Å². The van der Waals surface area contributed by atoms with Gasteiger partial charge in [0.05, 0.1) is 48.5 Å². The molecule has 0 spiro atoms. The molecule has 2 saturated heterocycles. The molecule has 3 amide bonds. The minimum absolute atomic E-state index is 0.144. The molecule has 1 aromatic carbocycles. The molecule has 3 atom stereocenters. The number of ether oxygens (including phenoxy) is 1. The number of rotatable bonds is 9. The van der Waals surface area contributed by atoms with Crippen molar-refractivity contribution in [2.45, 2.75) is 75.3 Å². The number of alkyl halides is 4. The van der Waals surface area contributed by atoms with Crippen molar-refractivity contribution in [2.75, 3.05) is 44.0 Å². The number of hydrogen-bond donors (Lipinski definition) is 2. The summed E-state index contributed by atoms with van der Waals surface area (Å²) in [6.45, 7) is 1.49. The molecule has 5 aromatic rings. The molecule has 1 saturated carbocycles. The van der Waals surface area contributed by atoms with Crippen molar-refractivity contribution >= 4 is 45.8 Å². The van der Waals surface area contributed by atoms with E-state index in [0.29, 0.717) is 41.8 Å². The van der Waals surface area contributed by atoms with Crippen LogP contribution in [0, 0.1) is 5.92 Å². The van der Waals surface area contributed by atoms with Crippen LogP contribution in [0.3, 0.4) is 0 Å². The zero-order valence-corrected chi connectivity index (χ0v) is 32.7. The second-order valence-corrected chi connectivity index (χ2v) is 15.7. The van der Waals surface area contributed by atoms with Crippen LogP contribution in [-0.4, -0.2) is 97.1 Å². The lowest BCUT2D eigenvalue weighted by Gasteiger charge is -2.42. The van der Waals surface area contributed by atoms with E-state index in [2.05, 4.69) is 25.5 Å². The van der Waals surface area contributed by atoms with E-state index in [0.717, 1.165) is 49.8 Å². The van der Waals surface area contributed by atoms with Crippen molar-refractivity contribution in [3.05, 3.63) is 76.6 Å². The SMILES string of the molecule is COc1cc2nc(C3CCC(CN(C)[C@H]4CCN(c5cccc6c5n(C)c(=O)n6C5CCC(=O)NC5=O)C[C@H]4F)CC3)cn2cc1NC(=O)c1cncc(C(F)(F)F)n1. The van der Waals surface area contributed by atoms with Crippen molar-refractivity contribution < 1.29 is 36.7 Å². The second kappa shape index (κ2) is 15.7. The van der Waals surface area contributed by atoms with E-state index < -0.39 is 41.6 Å². The number of nitrogens with zero attached hydrogens (tertiary/aromatic N) is 8. The average Bonchev–Trinajstić information content (AvgIpc) is 3.74. The van der Waals surface area contributed by atoms with Gasteiger partial charge in [-0.05, 0) is 63.6 Å². The average molecular weight is 821 g/mol. The Balaban J connectivity index is 0.881. The molecule has 8 rings (SSSR count). The van der Waals surface area contributed by atoms with E-state index in [1.807, 2.05) is 30.3 Å². The number of amides is 3. The van der Waals surface area contributed by atoms with Gasteiger partial charge < -0.3 is 24.3 Å². The lowest BCUT2D eigenvalue weighted by Crippen LogP contribution is -2.52. The van der Waals surface area contributed by atoms with Crippen LogP contribution in [0.15, 0.2) is 53.8 Å². The smallest absolute Gasteiger partial charge is 0.434 e. The molecule has 59 heavy (non-hydrogen) atoms. The fraction of sp³-hybridized carbons (Fsp3) is 0.475. The molecule has 1 aliphatic carbocycles. The lowest BCUT2D eigenvalue weighted by atomic mass is 9.80. The summed E-state index contributed by atoms with van der Waals surface area (Å²) in [6, 6.07) is 6.04. The standard InChI is InChI=1S/C40H44F4N10O5/c1-50(28-13-14-52(19-24(28)41)29-5-4-6-30-36(29)51(2)39(58)54(30)31-11-12-35(55)49-38(31)57)18-22-7-9-23(10-8-22)26-20-53-21-27(32(59-3)15-34(53)47-26)48-37(56)25-16-45-17-33(46-25)40(42,43)44/h4-6,15-17,20-24,28,31H,7-14,18-19H2,1-3H3,(H,48,56)(H,49,55,57)/t22?,23?,24-,28+,31?/m1/s1. The second-order valence-electron chi connectivity index (χ2n) is 15.7. The number of carbonyl (C=O) groups excluding carboxylic acids is 3. The van der Waals surface area contributed by atoms with Crippen molar-refractivity contribution in [1.82, 2.24) is 38.7 Å². The van der Waals surface area contributed by atoms with E-state index >= 15 is 4.39 Å². The predicted molar refractivity (Wildman–Crippen MR) is 208 cm³/mol. The number of methoxy groups -OCH3 is 1. The normalized spacial score (nSPS) is 22.9. The Bertz CT molecular complexity index is 2490. The Hall–Kier alpha value is -5.85. The van der Waals surface area contributed by atoms with Crippen LogP contribution in [0.25, 0.3) is 16.7 Å². The first-order valence-electron chi connectivity index (χ1n) is 19.6. The Kier molecular flexibility index (Phi) is 10.6. The van der Waals surface area contributed by atoms with E-state index in [4.69, 9.17) is 9.72 Å². The molecule has 3 fully saturated rings. The van der Waals surface area contributed by atoms with Gasteiger partial charge in [0.15, 0.2) is 5.69 Å². The van der Waals surface area contributed by atoms with Gasteiger partial charge in [-0.15, -0.1) is 0 Å². The Labute approximate surface area is 335 Å².